The molecule has 1 saturated heterocycles. The van der Waals surface area contributed by atoms with E-state index in [9.17, 15) is 9.59 Å². The second-order valence-corrected chi connectivity index (χ2v) is 8.51. The molecule has 5 nitrogen and oxygen atoms in total. The fourth-order valence-electron chi connectivity index (χ4n) is 3.51. The van der Waals surface area contributed by atoms with Crippen molar-refractivity contribution in [2.24, 2.45) is 11.8 Å². The van der Waals surface area contributed by atoms with Crippen LogP contribution in [0.5, 0.6) is 0 Å². The Morgan fingerprint density at radius 1 is 1.07 bits per heavy atom. The van der Waals surface area contributed by atoms with Gasteiger partial charge in [0.1, 0.15) is 6.04 Å². The van der Waals surface area contributed by atoms with Crippen molar-refractivity contribution in [3.8, 4) is 0 Å². The lowest BCUT2D eigenvalue weighted by Crippen LogP contribution is -2.47. The molecule has 0 bridgehead atoms. The largest absolute Gasteiger partial charge is 0.371 e. The first kappa shape index (κ1) is 21.2. The Kier molecular flexibility index (Phi) is 6.80. The maximum absolute atomic E-state index is 12.8. The van der Waals surface area contributed by atoms with Gasteiger partial charge in [0.15, 0.2) is 0 Å². The van der Waals surface area contributed by atoms with Gasteiger partial charge in [0.25, 0.3) is 5.91 Å². The first-order valence-corrected chi connectivity index (χ1v) is 10.4. The van der Waals surface area contributed by atoms with Gasteiger partial charge in [-0.2, -0.15) is 0 Å². The van der Waals surface area contributed by atoms with Crippen LogP contribution in [0.25, 0.3) is 0 Å². The summed E-state index contributed by atoms with van der Waals surface area (Å²) < 4.78 is 0. The summed E-state index contributed by atoms with van der Waals surface area (Å²) in [5.74, 6) is 0.126. The third-order valence-electron chi connectivity index (χ3n) is 5.27. The highest BCUT2D eigenvalue weighted by Gasteiger charge is 2.25. The van der Waals surface area contributed by atoms with Crippen molar-refractivity contribution in [1.29, 1.82) is 0 Å². The van der Waals surface area contributed by atoms with Gasteiger partial charge >= 0.3 is 0 Å². The molecule has 2 atom stereocenters. The molecule has 0 aliphatic carbocycles. The normalized spacial score (nSPS) is 17.3. The van der Waals surface area contributed by atoms with Gasteiger partial charge < -0.3 is 15.5 Å². The van der Waals surface area contributed by atoms with Gasteiger partial charge in [-0.15, -0.1) is 0 Å². The molecular formula is C23H28ClN3O2. The number of nitrogens with one attached hydrogen (secondary N) is 2. The van der Waals surface area contributed by atoms with Gasteiger partial charge in [-0.3, -0.25) is 9.59 Å². The quantitative estimate of drug-likeness (QED) is 0.728. The van der Waals surface area contributed by atoms with Crippen LogP contribution in [0.4, 0.5) is 11.4 Å². The van der Waals surface area contributed by atoms with E-state index >= 15 is 0 Å². The lowest BCUT2D eigenvalue weighted by Gasteiger charge is -2.22. The average molecular weight is 414 g/mol. The number of amides is 2. The van der Waals surface area contributed by atoms with Crippen LogP contribution in [0.3, 0.4) is 0 Å². The highest BCUT2D eigenvalue weighted by atomic mass is 35.5. The molecule has 2 N–H and O–H groups in total. The second kappa shape index (κ2) is 9.31. The number of benzene rings is 2. The molecule has 2 unspecified atom stereocenters. The molecule has 2 aromatic rings. The molecule has 0 aromatic heterocycles. The molecule has 1 aliphatic heterocycles. The number of anilines is 2. The summed E-state index contributed by atoms with van der Waals surface area (Å²) in [5.41, 5.74) is 2.36. The molecule has 2 amide bonds. The summed E-state index contributed by atoms with van der Waals surface area (Å²) in [4.78, 5) is 27.7. The van der Waals surface area contributed by atoms with E-state index in [0.29, 0.717) is 16.5 Å². The van der Waals surface area contributed by atoms with Crippen LogP contribution < -0.4 is 15.5 Å². The summed E-state index contributed by atoms with van der Waals surface area (Å²) in [7, 11) is 0. The van der Waals surface area contributed by atoms with Crippen LogP contribution in [0, 0.1) is 11.8 Å². The standard InChI is InChI=1S/C23H28ClN3O2/c1-15(2)21(26-22(28)17-4-6-18(24)7-5-17)23(29)25-19-8-10-20(11-9-19)27-13-12-16(3)14-27/h4-11,15-16,21H,12-14H2,1-3H3,(H,25,29)(H,26,28). The van der Waals surface area contributed by atoms with Crippen molar-refractivity contribution < 1.29 is 9.59 Å². The van der Waals surface area contributed by atoms with E-state index in [4.69, 9.17) is 11.6 Å². The first-order valence-electron chi connectivity index (χ1n) is 10.1. The van der Waals surface area contributed by atoms with Crippen molar-refractivity contribution in [2.45, 2.75) is 33.2 Å². The molecule has 0 saturated carbocycles. The minimum absolute atomic E-state index is 0.0587. The van der Waals surface area contributed by atoms with E-state index in [0.717, 1.165) is 18.8 Å². The van der Waals surface area contributed by atoms with E-state index < -0.39 is 6.04 Å². The summed E-state index contributed by atoms with van der Waals surface area (Å²) in [6, 6.07) is 13.8. The topological polar surface area (TPSA) is 61.4 Å². The van der Waals surface area contributed by atoms with Crippen LogP contribution in [0.1, 0.15) is 37.6 Å². The van der Waals surface area contributed by atoms with Crippen molar-refractivity contribution >= 4 is 34.8 Å². The Balaban J connectivity index is 1.63. The average Bonchev–Trinajstić information content (AvgIpc) is 3.13. The molecule has 154 valence electrons. The molecule has 6 heteroatoms. The minimum atomic E-state index is -0.641. The number of halogens is 1. The van der Waals surface area contributed by atoms with Gasteiger partial charge in [0.2, 0.25) is 5.91 Å². The van der Waals surface area contributed by atoms with Gasteiger partial charge in [-0.25, -0.2) is 0 Å². The first-order chi connectivity index (χ1) is 13.8. The van der Waals surface area contributed by atoms with E-state index in [-0.39, 0.29) is 17.7 Å². The maximum atomic E-state index is 12.8. The van der Waals surface area contributed by atoms with Crippen molar-refractivity contribution in [3.05, 3.63) is 59.1 Å². The van der Waals surface area contributed by atoms with Crippen molar-refractivity contribution in [3.63, 3.8) is 0 Å². The number of nitrogens with zero attached hydrogens (tertiary/aromatic N) is 1. The monoisotopic (exact) mass is 413 g/mol. The Bertz CT molecular complexity index is 849. The molecule has 29 heavy (non-hydrogen) atoms. The van der Waals surface area contributed by atoms with Crippen molar-refractivity contribution in [2.75, 3.05) is 23.3 Å². The summed E-state index contributed by atoms with van der Waals surface area (Å²) in [5, 5.41) is 6.32. The molecule has 2 aromatic carbocycles. The van der Waals surface area contributed by atoms with E-state index in [1.165, 1.54) is 12.1 Å². The number of carbonyl (C=O) groups is 2. The fraction of sp³-hybridized carbons (Fsp3) is 0.391. The highest BCUT2D eigenvalue weighted by Crippen LogP contribution is 2.25. The zero-order chi connectivity index (χ0) is 21.0. The number of hydrogen-bond acceptors (Lipinski definition) is 3. The second-order valence-electron chi connectivity index (χ2n) is 8.08. The summed E-state index contributed by atoms with van der Waals surface area (Å²) in [6.45, 7) is 8.21. The number of hydrogen-bond donors (Lipinski definition) is 2. The van der Waals surface area contributed by atoms with Gasteiger partial charge in [-0.1, -0.05) is 32.4 Å². The predicted octanol–water partition coefficient (Wildman–Crippen LogP) is 4.58. The zero-order valence-electron chi connectivity index (χ0n) is 17.1. The molecule has 3 rings (SSSR count). The Morgan fingerprint density at radius 3 is 2.28 bits per heavy atom. The predicted molar refractivity (Wildman–Crippen MR) is 119 cm³/mol. The lowest BCUT2D eigenvalue weighted by molar-refractivity contribution is -0.118. The molecule has 1 aliphatic rings. The molecular weight excluding hydrogens is 386 g/mol. The van der Waals surface area contributed by atoms with Crippen LogP contribution in [-0.2, 0) is 4.79 Å². The summed E-state index contributed by atoms with van der Waals surface area (Å²) in [6.07, 6.45) is 1.21. The van der Waals surface area contributed by atoms with E-state index in [1.54, 1.807) is 24.3 Å². The molecule has 1 heterocycles. The van der Waals surface area contributed by atoms with Crippen LogP contribution >= 0.6 is 11.6 Å². The lowest BCUT2D eigenvalue weighted by atomic mass is 10.0. The van der Waals surface area contributed by atoms with Crippen LogP contribution in [-0.4, -0.2) is 30.9 Å². The van der Waals surface area contributed by atoms with Crippen LogP contribution in [0.2, 0.25) is 5.02 Å². The molecule has 0 radical (unpaired) electrons. The third kappa shape index (κ3) is 5.51. The molecule has 0 spiro atoms. The number of rotatable bonds is 6. The Labute approximate surface area is 177 Å². The zero-order valence-corrected chi connectivity index (χ0v) is 17.9. The minimum Gasteiger partial charge on any atom is -0.371 e. The smallest absolute Gasteiger partial charge is 0.251 e. The Morgan fingerprint density at radius 2 is 1.72 bits per heavy atom. The van der Waals surface area contributed by atoms with Crippen LogP contribution in [0.15, 0.2) is 48.5 Å². The van der Waals surface area contributed by atoms with E-state index in [2.05, 4.69) is 22.5 Å². The Hall–Kier alpha value is -2.53. The van der Waals surface area contributed by atoms with Crippen molar-refractivity contribution in [1.82, 2.24) is 5.32 Å². The van der Waals surface area contributed by atoms with Gasteiger partial charge in [-0.05, 0) is 66.8 Å². The van der Waals surface area contributed by atoms with E-state index in [1.807, 2.05) is 38.1 Å². The molecule has 1 fully saturated rings. The van der Waals surface area contributed by atoms with Gasteiger partial charge in [0, 0.05) is 35.1 Å². The third-order valence-corrected chi connectivity index (χ3v) is 5.52. The van der Waals surface area contributed by atoms with Gasteiger partial charge in [0.05, 0.1) is 0 Å². The highest BCUT2D eigenvalue weighted by molar-refractivity contribution is 6.30. The summed E-state index contributed by atoms with van der Waals surface area (Å²) >= 11 is 5.87. The number of carbonyl (C=O) groups excluding carboxylic acids is 2. The fourth-order valence-corrected chi connectivity index (χ4v) is 3.63. The SMILES string of the molecule is CC1CCN(c2ccc(NC(=O)C(NC(=O)c3ccc(Cl)cc3)C(C)C)cc2)C1. The maximum Gasteiger partial charge on any atom is 0.251 e.